The lowest BCUT2D eigenvalue weighted by molar-refractivity contribution is -0.120. The molecule has 20 heavy (non-hydrogen) atoms. The SMILES string of the molecule is CC1CCC(NC(=O)CNc2cccc(CO)c2)CC1. The molecule has 0 spiro atoms. The average Bonchev–Trinajstić information content (AvgIpc) is 2.48. The molecule has 1 fully saturated rings. The van der Waals surface area contributed by atoms with Gasteiger partial charge in [-0.15, -0.1) is 0 Å². The van der Waals surface area contributed by atoms with Gasteiger partial charge in [0.2, 0.25) is 5.91 Å². The van der Waals surface area contributed by atoms with Crippen LogP contribution in [0.2, 0.25) is 0 Å². The van der Waals surface area contributed by atoms with Gasteiger partial charge in [-0.05, 0) is 49.3 Å². The van der Waals surface area contributed by atoms with E-state index < -0.39 is 0 Å². The monoisotopic (exact) mass is 276 g/mol. The highest BCUT2D eigenvalue weighted by Crippen LogP contribution is 2.23. The van der Waals surface area contributed by atoms with Crippen molar-refractivity contribution in [2.24, 2.45) is 5.92 Å². The van der Waals surface area contributed by atoms with Crippen LogP contribution >= 0.6 is 0 Å². The summed E-state index contributed by atoms with van der Waals surface area (Å²) in [6.07, 6.45) is 4.59. The number of aliphatic hydroxyl groups excluding tert-OH is 1. The van der Waals surface area contributed by atoms with E-state index in [4.69, 9.17) is 5.11 Å². The second-order valence-electron chi connectivity index (χ2n) is 5.74. The van der Waals surface area contributed by atoms with Crippen molar-refractivity contribution >= 4 is 11.6 Å². The van der Waals surface area contributed by atoms with E-state index in [1.165, 1.54) is 12.8 Å². The lowest BCUT2D eigenvalue weighted by Crippen LogP contribution is -2.40. The van der Waals surface area contributed by atoms with Crippen LogP contribution in [0.25, 0.3) is 0 Å². The summed E-state index contributed by atoms with van der Waals surface area (Å²) < 4.78 is 0. The van der Waals surface area contributed by atoms with E-state index in [2.05, 4.69) is 17.6 Å². The van der Waals surface area contributed by atoms with E-state index in [0.29, 0.717) is 6.04 Å². The first kappa shape index (κ1) is 14.9. The van der Waals surface area contributed by atoms with Gasteiger partial charge in [0.15, 0.2) is 0 Å². The fourth-order valence-electron chi connectivity index (χ4n) is 2.65. The van der Waals surface area contributed by atoms with Gasteiger partial charge in [0, 0.05) is 11.7 Å². The Morgan fingerprint density at radius 1 is 1.30 bits per heavy atom. The number of aliphatic hydroxyl groups is 1. The van der Waals surface area contributed by atoms with Gasteiger partial charge in [0.1, 0.15) is 0 Å². The highest BCUT2D eigenvalue weighted by molar-refractivity contribution is 5.81. The number of carbonyl (C=O) groups is 1. The maximum absolute atomic E-state index is 11.9. The largest absolute Gasteiger partial charge is 0.392 e. The van der Waals surface area contributed by atoms with E-state index in [9.17, 15) is 4.79 Å². The quantitative estimate of drug-likeness (QED) is 0.773. The van der Waals surface area contributed by atoms with Crippen LogP contribution in [0.4, 0.5) is 5.69 Å². The molecule has 2 rings (SSSR count). The van der Waals surface area contributed by atoms with E-state index in [-0.39, 0.29) is 19.1 Å². The molecule has 0 radical (unpaired) electrons. The smallest absolute Gasteiger partial charge is 0.239 e. The van der Waals surface area contributed by atoms with Crippen molar-refractivity contribution in [3.05, 3.63) is 29.8 Å². The summed E-state index contributed by atoms with van der Waals surface area (Å²) in [4.78, 5) is 11.9. The summed E-state index contributed by atoms with van der Waals surface area (Å²) in [7, 11) is 0. The van der Waals surface area contributed by atoms with Crippen LogP contribution in [0.3, 0.4) is 0 Å². The fourth-order valence-corrected chi connectivity index (χ4v) is 2.65. The Morgan fingerprint density at radius 2 is 2.05 bits per heavy atom. The molecule has 0 bridgehead atoms. The summed E-state index contributed by atoms with van der Waals surface area (Å²) in [5.41, 5.74) is 1.71. The Hall–Kier alpha value is -1.55. The zero-order chi connectivity index (χ0) is 14.4. The molecule has 0 aromatic heterocycles. The predicted octanol–water partition coefficient (Wildman–Crippen LogP) is 2.29. The van der Waals surface area contributed by atoms with Gasteiger partial charge < -0.3 is 15.7 Å². The predicted molar refractivity (Wildman–Crippen MR) is 80.4 cm³/mol. The van der Waals surface area contributed by atoms with Gasteiger partial charge in [-0.1, -0.05) is 19.1 Å². The molecule has 1 aliphatic rings. The standard InChI is InChI=1S/C16H24N2O2/c1-12-5-7-14(8-6-12)18-16(20)10-17-15-4-2-3-13(9-15)11-19/h2-4,9,12,14,17,19H,5-8,10-11H2,1H3,(H,18,20). The highest BCUT2D eigenvalue weighted by atomic mass is 16.3. The summed E-state index contributed by atoms with van der Waals surface area (Å²) in [5, 5.41) is 15.3. The molecular formula is C16H24N2O2. The van der Waals surface area contributed by atoms with Crippen molar-refractivity contribution in [2.45, 2.75) is 45.3 Å². The zero-order valence-corrected chi connectivity index (χ0v) is 12.1. The third-order valence-electron chi connectivity index (χ3n) is 3.94. The highest BCUT2D eigenvalue weighted by Gasteiger charge is 2.19. The summed E-state index contributed by atoms with van der Waals surface area (Å²) in [5.74, 6) is 0.835. The van der Waals surface area contributed by atoms with E-state index >= 15 is 0 Å². The Kier molecular flexibility index (Phi) is 5.41. The molecular weight excluding hydrogens is 252 g/mol. The number of rotatable bonds is 5. The first-order chi connectivity index (χ1) is 9.67. The van der Waals surface area contributed by atoms with Crippen LogP contribution in [0.15, 0.2) is 24.3 Å². The van der Waals surface area contributed by atoms with Gasteiger partial charge in [0.05, 0.1) is 13.2 Å². The van der Waals surface area contributed by atoms with Crippen molar-refractivity contribution in [2.75, 3.05) is 11.9 Å². The maximum atomic E-state index is 11.9. The first-order valence-corrected chi connectivity index (χ1v) is 7.40. The van der Waals surface area contributed by atoms with Crippen LogP contribution in [0, 0.1) is 5.92 Å². The van der Waals surface area contributed by atoms with Crippen molar-refractivity contribution in [1.82, 2.24) is 5.32 Å². The number of hydrogen-bond donors (Lipinski definition) is 3. The first-order valence-electron chi connectivity index (χ1n) is 7.40. The molecule has 4 heteroatoms. The van der Waals surface area contributed by atoms with Gasteiger partial charge in [0.25, 0.3) is 0 Å². The maximum Gasteiger partial charge on any atom is 0.239 e. The van der Waals surface area contributed by atoms with Crippen molar-refractivity contribution in [3.63, 3.8) is 0 Å². The number of amides is 1. The zero-order valence-electron chi connectivity index (χ0n) is 12.1. The molecule has 1 aromatic rings. The molecule has 1 saturated carbocycles. The minimum absolute atomic E-state index is 0.0158. The fraction of sp³-hybridized carbons (Fsp3) is 0.562. The minimum atomic E-state index is 0.0158. The van der Waals surface area contributed by atoms with Crippen molar-refractivity contribution < 1.29 is 9.90 Å². The number of nitrogens with one attached hydrogen (secondary N) is 2. The van der Waals surface area contributed by atoms with Gasteiger partial charge in [-0.3, -0.25) is 4.79 Å². The van der Waals surface area contributed by atoms with E-state index in [1.54, 1.807) is 0 Å². The van der Waals surface area contributed by atoms with E-state index in [1.807, 2.05) is 24.3 Å². The van der Waals surface area contributed by atoms with Crippen LogP contribution in [-0.4, -0.2) is 23.6 Å². The average molecular weight is 276 g/mol. The Morgan fingerprint density at radius 3 is 2.75 bits per heavy atom. The van der Waals surface area contributed by atoms with Crippen LogP contribution in [0.5, 0.6) is 0 Å². The lowest BCUT2D eigenvalue weighted by Gasteiger charge is -2.27. The molecule has 3 N–H and O–H groups in total. The minimum Gasteiger partial charge on any atom is -0.392 e. The Labute approximate surface area is 120 Å². The van der Waals surface area contributed by atoms with Crippen LogP contribution in [0.1, 0.15) is 38.2 Å². The molecule has 1 aliphatic carbocycles. The number of benzene rings is 1. The van der Waals surface area contributed by atoms with Gasteiger partial charge in [-0.25, -0.2) is 0 Å². The molecule has 0 atom stereocenters. The second kappa shape index (κ2) is 7.29. The van der Waals surface area contributed by atoms with Crippen molar-refractivity contribution in [3.8, 4) is 0 Å². The normalized spacial score (nSPS) is 22.3. The number of carbonyl (C=O) groups excluding carboxylic acids is 1. The van der Waals surface area contributed by atoms with Crippen molar-refractivity contribution in [1.29, 1.82) is 0 Å². The third-order valence-corrected chi connectivity index (χ3v) is 3.94. The van der Waals surface area contributed by atoms with Crippen LogP contribution in [-0.2, 0) is 11.4 Å². The molecule has 4 nitrogen and oxygen atoms in total. The summed E-state index contributed by atoms with van der Waals surface area (Å²) >= 11 is 0. The topological polar surface area (TPSA) is 61.4 Å². The summed E-state index contributed by atoms with van der Waals surface area (Å²) in [6.45, 7) is 2.57. The Balaban J connectivity index is 1.74. The van der Waals surface area contributed by atoms with Crippen LogP contribution < -0.4 is 10.6 Å². The third kappa shape index (κ3) is 4.53. The van der Waals surface area contributed by atoms with Gasteiger partial charge in [-0.2, -0.15) is 0 Å². The molecule has 110 valence electrons. The molecule has 0 aliphatic heterocycles. The Bertz CT molecular complexity index is 440. The number of anilines is 1. The number of hydrogen-bond acceptors (Lipinski definition) is 3. The molecule has 0 unspecified atom stereocenters. The lowest BCUT2D eigenvalue weighted by atomic mass is 9.87. The second-order valence-corrected chi connectivity index (χ2v) is 5.74. The molecule has 0 saturated heterocycles. The molecule has 1 amide bonds. The summed E-state index contributed by atoms with van der Waals surface area (Å²) in [6, 6.07) is 7.82. The molecule has 0 heterocycles. The molecule has 1 aromatic carbocycles. The van der Waals surface area contributed by atoms with E-state index in [0.717, 1.165) is 30.0 Å². The van der Waals surface area contributed by atoms with Gasteiger partial charge >= 0.3 is 0 Å².